The van der Waals surface area contributed by atoms with E-state index in [0.717, 1.165) is 9.50 Å². The minimum atomic E-state index is 0.0546. The van der Waals surface area contributed by atoms with Gasteiger partial charge in [-0.1, -0.05) is 11.6 Å². The van der Waals surface area contributed by atoms with Crippen molar-refractivity contribution < 1.29 is 0 Å². The van der Waals surface area contributed by atoms with Gasteiger partial charge in [-0.15, -0.1) is 10.2 Å². The molecular weight excluding hydrogens is 335 g/mol. The van der Waals surface area contributed by atoms with E-state index >= 15 is 0 Å². The number of nitrogens with zero attached hydrogens (tertiary/aromatic N) is 4. The van der Waals surface area contributed by atoms with Crippen LogP contribution in [0.4, 0.5) is 0 Å². The number of aromatic nitrogens is 4. The van der Waals surface area contributed by atoms with Gasteiger partial charge in [0.1, 0.15) is 10.1 Å². The summed E-state index contributed by atoms with van der Waals surface area (Å²) in [6, 6.07) is 3.69. The summed E-state index contributed by atoms with van der Waals surface area (Å²) in [7, 11) is 0. The molecule has 0 atom stereocenters. The Morgan fingerprint density at radius 2 is 2.00 bits per heavy atom. The summed E-state index contributed by atoms with van der Waals surface area (Å²) >= 11 is 16.1. The van der Waals surface area contributed by atoms with Crippen LogP contribution in [0.2, 0.25) is 10.4 Å². The molecule has 2 aromatic rings. The van der Waals surface area contributed by atoms with Crippen LogP contribution in [0, 0.1) is 0 Å². The fraction of sp³-hybridized carbons (Fsp3) is 0. The summed E-state index contributed by atoms with van der Waals surface area (Å²) in [4.78, 5) is 8.14. The Labute approximate surface area is 114 Å². The van der Waals surface area contributed by atoms with Crippen LogP contribution < -0.4 is 0 Å². The van der Waals surface area contributed by atoms with Crippen molar-refractivity contribution in [2.24, 2.45) is 0 Å². The van der Waals surface area contributed by atoms with Crippen LogP contribution in [0.1, 0.15) is 0 Å². The molecule has 0 aliphatic heterocycles. The van der Waals surface area contributed by atoms with E-state index in [1.807, 2.05) is 12.1 Å². The largest absolute Gasteiger partial charge is 0.248 e. The Kier molecular flexibility index (Phi) is 3.96. The van der Waals surface area contributed by atoms with Crippen LogP contribution >= 0.6 is 50.9 Å². The molecule has 0 aliphatic rings. The predicted molar refractivity (Wildman–Crippen MR) is 65.9 cm³/mol. The fourth-order valence-corrected chi connectivity index (χ4v) is 2.47. The van der Waals surface area contributed by atoms with Crippen LogP contribution in [0.15, 0.2) is 32.9 Å². The van der Waals surface area contributed by atoms with Gasteiger partial charge in [0.05, 0.1) is 4.47 Å². The maximum absolute atomic E-state index is 5.84. The highest BCUT2D eigenvalue weighted by Gasteiger charge is 2.10. The topological polar surface area (TPSA) is 51.6 Å². The molecule has 0 N–H and O–H groups in total. The smallest absolute Gasteiger partial charge is 0.244 e. The van der Waals surface area contributed by atoms with Gasteiger partial charge < -0.3 is 0 Å². The normalized spacial score (nSPS) is 10.4. The number of pyridine rings is 1. The molecule has 0 saturated carbocycles. The molecule has 0 aromatic carbocycles. The van der Waals surface area contributed by atoms with Crippen molar-refractivity contribution in [3.63, 3.8) is 0 Å². The molecule has 2 rings (SSSR count). The molecule has 2 aromatic heterocycles. The van der Waals surface area contributed by atoms with Gasteiger partial charge in [-0.2, -0.15) is 0 Å². The zero-order chi connectivity index (χ0) is 11.5. The average molecular weight is 338 g/mol. The van der Waals surface area contributed by atoms with Crippen LogP contribution in [0.25, 0.3) is 0 Å². The molecule has 0 fully saturated rings. The van der Waals surface area contributed by atoms with Gasteiger partial charge in [0, 0.05) is 6.20 Å². The van der Waals surface area contributed by atoms with E-state index in [-0.39, 0.29) is 10.4 Å². The first-order valence-corrected chi connectivity index (χ1v) is 6.37. The zero-order valence-electron chi connectivity index (χ0n) is 7.56. The first-order chi connectivity index (χ1) is 7.66. The number of rotatable bonds is 2. The Hall–Kier alpha value is -0.430. The molecular formula is C8H3BrCl2N4S. The van der Waals surface area contributed by atoms with Crippen molar-refractivity contribution in [3.8, 4) is 0 Å². The third-order valence-corrected chi connectivity index (χ3v) is 3.93. The van der Waals surface area contributed by atoms with E-state index in [4.69, 9.17) is 23.2 Å². The van der Waals surface area contributed by atoms with Crippen LogP contribution in [-0.2, 0) is 0 Å². The minimum absolute atomic E-state index is 0.0546. The molecule has 4 nitrogen and oxygen atoms in total. The molecule has 0 spiro atoms. The van der Waals surface area contributed by atoms with Gasteiger partial charge in [0.25, 0.3) is 0 Å². The minimum Gasteiger partial charge on any atom is -0.248 e. The van der Waals surface area contributed by atoms with Gasteiger partial charge in [0.2, 0.25) is 5.28 Å². The van der Waals surface area contributed by atoms with Crippen molar-refractivity contribution >= 4 is 50.9 Å². The quantitative estimate of drug-likeness (QED) is 0.839. The van der Waals surface area contributed by atoms with Gasteiger partial charge in [-0.25, -0.2) is 9.97 Å². The summed E-state index contributed by atoms with van der Waals surface area (Å²) in [5, 5.41) is 8.66. The molecule has 2 heterocycles. The second-order valence-corrected chi connectivity index (χ2v) is 5.10. The highest BCUT2D eigenvalue weighted by molar-refractivity contribution is 9.10. The SMILES string of the molecule is Clc1nnc(Cl)c(Sc2ncccc2Br)n1. The standard InChI is InChI=1S/C8H3BrCl2N4S/c9-4-2-1-3-12-6(4)16-7-5(10)14-15-8(11)13-7/h1-3H. The molecule has 0 saturated heterocycles. The van der Waals surface area contributed by atoms with E-state index in [9.17, 15) is 0 Å². The first kappa shape index (κ1) is 12.0. The van der Waals surface area contributed by atoms with Crippen LogP contribution in [0.3, 0.4) is 0 Å². The number of hydrogen-bond donors (Lipinski definition) is 0. The molecule has 0 radical (unpaired) electrons. The highest BCUT2D eigenvalue weighted by Crippen LogP contribution is 2.33. The van der Waals surface area contributed by atoms with E-state index in [1.165, 1.54) is 11.8 Å². The Balaban J connectivity index is 2.34. The summed E-state index contributed by atoms with van der Waals surface area (Å²) in [6.45, 7) is 0. The van der Waals surface area contributed by atoms with E-state index < -0.39 is 0 Å². The van der Waals surface area contributed by atoms with Crippen LogP contribution in [-0.4, -0.2) is 20.2 Å². The average Bonchev–Trinajstić information content (AvgIpc) is 2.27. The first-order valence-electron chi connectivity index (χ1n) is 4.01. The molecule has 82 valence electrons. The molecule has 16 heavy (non-hydrogen) atoms. The lowest BCUT2D eigenvalue weighted by molar-refractivity contribution is 0.902. The molecule has 0 bridgehead atoms. The van der Waals surface area contributed by atoms with Crippen molar-refractivity contribution in [3.05, 3.63) is 33.2 Å². The van der Waals surface area contributed by atoms with Gasteiger partial charge >= 0.3 is 0 Å². The predicted octanol–water partition coefficient (Wildman–Crippen LogP) is 3.49. The molecule has 0 aliphatic carbocycles. The third kappa shape index (κ3) is 2.82. The third-order valence-electron chi connectivity index (χ3n) is 1.51. The maximum Gasteiger partial charge on any atom is 0.244 e. The number of halogens is 3. The zero-order valence-corrected chi connectivity index (χ0v) is 11.5. The Morgan fingerprint density at radius 1 is 1.19 bits per heavy atom. The second-order valence-electron chi connectivity index (χ2n) is 2.57. The second kappa shape index (κ2) is 5.27. The van der Waals surface area contributed by atoms with Crippen molar-refractivity contribution in [2.75, 3.05) is 0 Å². The lowest BCUT2D eigenvalue weighted by Gasteiger charge is -2.02. The van der Waals surface area contributed by atoms with Crippen molar-refractivity contribution in [1.29, 1.82) is 0 Å². The fourth-order valence-electron chi connectivity index (χ4n) is 0.883. The maximum atomic E-state index is 5.84. The van der Waals surface area contributed by atoms with Gasteiger partial charge in [-0.3, -0.25) is 0 Å². The monoisotopic (exact) mass is 336 g/mol. The Morgan fingerprint density at radius 3 is 2.75 bits per heavy atom. The summed E-state index contributed by atoms with van der Waals surface area (Å²) in [5.41, 5.74) is 0. The molecule has 0 unspecified atom stereocenters. The van der Waals surface area contributed by atoms with E-state index in [1.54, 1.807) is 6.20 Å². The van der Waals surface area contributed by atoms with Crippen molar-refractivity contribution in [1.82, 2.24) is 20.2 Å². The highest BCUT2D eigenvalue weighted by atomic mass is 79.9. The lowest BCUT2D eigenvalue weighted by atomic mass is 10.5. The number of hydrogen-bond acceptors (Lipinski definition) is 5. The van der Waals surface area contributed by atoms with Crippen molar-refractivity contribution in [2.45, 2.75) is 10.1 Å². The van der Waals surface area contributed by atoms with Gasteiger partial charge in [0.15, 0.2) is 5.15 Å². The summed E-state index contributed by atoms with van der Waals surface area (Å²) in [6.07, 6.45) is 1.68. The van der Waals surface area contributed by atoms with Gasteiger partial charge in [-0.05, 0) is 51.4 Å². The molecule has 0 amide bonds. The Bertz CT molecular complexity index is 525. The molecule has 8 heteroatoms. The summed E-state index contributed by atoms with van der Waals surface area (Å²) in [5.74, 6) is 0. The lowest BCUT2D eigenvalue weighted by Crippen LogP contribution is -1.92. The van der Waals surface area contributed by atoms with E-state index in [2.05, 4.69) is 36.1 Å². The summed E-state index contributed by atoms with van der Waals surface area (Å²) < 4.78 is 0.853. The van der Waals surface area contributed by atoms with Crippen LogP contribution in [0.5, 0.6) is 0 Å². The van der Waals surface area contributed by atoms with E-state index in [0.29, 0.717) is 5.03 Å².